The van der Waals surface area contributed by atoms with Gasteiger partial charge >= 0.3 is 0 Å². The Hall–Kier alpha value is -3.12. The van der Waals surface area contributed by atoms with Crippen molar-refractivity contribution in [3.63, 3.8) is 0 Å². The highest BCUT2D eigenvalue weighted by atomic mass is 127. The molecule has 0 radical (unpaired) electrons. The van der Waals surface area contributed by atoms with Crippen LogP contribution in [0.15, 0.2) is 76.0 Å². The van der Waals surface area contributed by atoms with E-state index in [1.54, 1.807) is 44.2 Å². The molecule has 4 aromatic rings. The minimum absolute atomic E-state index is 0.130. The fraction of sp³-hybridized carbons (Fsp3) is 0.436. The first-order valence-corrected chi connectivity index (χ1v) is 26.6. The molecular formula is C55H45IOS. The first-order chi connectivity index (χ1) is 28.6. The van der Waals surface area contributed by atoms with Gasteiger partial charge in [0.15, 0.2) is 0 Å². The predicted molar refractivity (Wildman–Crippen MR) is 244 cm³/mol. The van der Waals surface area contributed by atoms with Gasteiger partial charge in [-0.25, -0.2) is 0 Å². The van der Waals surface area contributed by atoms with Crippen molar-refractivity contribution in [1.82, 2.24) is 0 Å². The fourth-order valence-corrected chi connectivity index (χ4v) is 24.3. The number of allylic oxidation sites excluding steroid dienone is 8. The lowest BCUT2D eigenvalue weighted by Gasteiger charge is -2.59. The predicted octanol–water partition coefficient (Wildman–Crippen LogP) is 10.6. The van der Waals surface area contributed by atoms with E-state index in [1.807, 2.05) is 66.3 Å². The van der Waals surface area contributed by atoms with Crippen molar-refractivity contribution in [2.45, 2.75) is 97.9 Å². The van der Waals surface area contributed by atoms with Crippen LogP contribution in [0.25, 0.3) is 38.6 Å². The average molecular weight is 881 g/mol. The monoisotopic (exact) mass is 880 g/mol. The lowest BCUT2D eigenvalue weighted by Crippen LogP contribution is -2.51. The Bertz CT molecular complexity index is 3140. The van der Waals surface area contributed by atoms with Crippen molar-refractivity contribution in [2.75, 3.05) is 6.61 Å². The Balaban J connectivity index is 0.919. The first kappa shape index (κ1) is 30.8. The quantitative estimate of drug-likeness (QED) is 0.120. The van der Waals surface area contributed by atoms with Gasteiger partial charge in [0.25, 0.3) is 0 Å². The Morgan fingerprint density at radius 1 is 0.966 bits per heavy atom. The lowest BCUT2D eigenvalue weighted by molar-refractivity contribution is 0.0442. The highest BCUT2D eigenvalue weighted by molar-refractivity contribution is 14.2. The zero-order valence-corrected chi connectivity index (χ0v) is 36.0. The first-order valence-electron chi connectivity index (χ1n) is 23.1. The van der Waals surface area contributed by atoms with E-state index >= 15 is 0 Å². The summed E-state index contributed by atoms with van der Waals surface area (Å²) in [6.07, 6.45) is 19.3. The summed E-state index contributed by atoms with van der Waals surface area (Å²) in [6, 6.07) is 14.5. The molecule has 10 atom stereocenters. The van der Waals surface area contributed by atoms with Gasteiger partial charge in [0.1, 0.15) is 0 Å². The number of hydrogen-bond acceptors (Lipinski definition) is 2. The molecule has 15 aliphatic rings. The molecule has 2 spiro atoms. The van der Waals surface area contributed by atoms with E-state index < -0.39 is 0 Å². The van der Waals surface area contributed by atoms with E-state index in [4.69, 9.17) is 4.74 Å². The maximum atomic E-state index is 6.56. The van der Waals surface area contributed by atoms with Crippen LogP contribution in [0.1, 0.15) is 109 Å². The van der Waals surface area contributed by atoms with Gasteiger partial charge in [0.05, 0.1) is 12.7 Å². The Labute approximate surface area is 353 Å². The van der Waals surface area contributed by atoms with Gasteiger partial charge in [-0.1, -0.05) is 52.1 Å². The Morgan fingerprint density at radius 2 is 1.90 bits per heavy atom. The third-order valence-corrected chi connectivity index (χ3v) is 24.9. The van der Waals surface area contributed by atoms with Crippen LogP contribution in [0.4, 0.5) is 0 Å². The molecule has 1 aliphatic heterocycles. The topological polar surface area (TPSA) is 9.23 Å². The van der Waals surface area contributed by atoms with Gasteiger partial charge in [-0.3, -0.25) is 0 Å². The zero-order valence-electron chi connectivity index (χ0n) is 33.0. The molecule has 4 fully saturated rings. The molecule has 14 aliphatic carbocycles. The minimum atomic E-state index is -0.160. The van der Waals surface area contributed by atoms with Gasteiger partial charge in [-0.2, -0.15) is 11.3 Å². The maximum absolute atomic E-state index is 6.56. The second-order valence-electron chi connectivity index (χ2n) is 21.7. The van der Waals surface area contributed by atoms with E-state index in [0.717, 1.165) is 53.0 Å². The highest BCUT2D eigenvalue weighted by Gasteiger charge is 2.79. The summed E-state index contributed by atoms with van der Waals surface area (Å²) in [5, 5.41) is 11.7. The molecule has 3 heteroatoms. The van der Waals surface area contributed by atoms with E-state index in [9.17, 15) is 0 Å². The molecule has 3 aromatic carbocycles. The highest BCUT2D eigenvalue weighted by Crippen LogP contribution is 2.82. The maximum Gasteiger partial charge on any atom is 0.0547 e. The number of alkyl halides is 1. The van der Waals surface area contributed by atoms with E-state index in [-0.39, 0.29) is 31.6 Å². The SMILES string of the molecule is CC(CCCC1(c2ccccc2)C2I=CC3CC45CC(C4)C4C6=CC7CC8=CC21c1c8c2c8c9c%10c%11c%12c8c1CC%12C3C5=C%11CC=%10C4C6=C9C=27)OCCc1ccsc1. The van der Waals surface area contributed by atoms with Crippen molar-refractivity contribution in [3.05, 3.63) is 131 Å². The van der Waals surface area contributed by atoms with Crippen molar-refractivity contribution in [3.8, 4) is 0 Å². The molecule has 0 N–H and O–H groups in total. The smallest absolute Gasteiger partial charge is 0.0547 e. The molecule has 0 saturated heterocycles. The minimum Gasteiger partial charge on any atom is -0.378 e. The van der Waals surface area contributed by atoms with Crippen LogP contribution in [-0.2, 0) is 28.4 Å². The Morgan fingerprint density at radius 3 is 2.79 bits per heavy atom. The molecule has 1 aromatic heterocycles. The van der Waals surface area contributed by atoms with Crippen LogP contribution in [0.5, 0.6) is 0 Å². The van der Waals surface area contributed by atoms with Crippen molar-refractivity contribution < 1.29 is 4.74 Å². The summed E-state index contributed by atoms with van der Waals surface area (Å²) in [6.45, 7) is 3.19. The van der Waals surface area contributed by atoms with Gasteiger partial charge in [0, 0.05) is 26.6 Å². The number of halogens is 1. The Kier molecular flexibility index (Phi) is 4.98. The van der Waals surface area contributed by atoms with Gasteiger partial charge < -0.3 is 4.74 Å². The van der Waals surface area contributed by atoms with Gasteiger partial charge in [-0.05, 0) is 228 Å². The lowest BCUT2D eigenvalue weighted by atomic mass is 9.44. The van der Waals surface area contributed by atoms with Crippen LogP contribution in [0.2, 0.25) is 0 Å². The van der Waals surface area contributed by atoms with Crippen LogP contribution in [0.3, 0.4) is 0 Å². The van der Waals surface area contributed by atoms with E-state index in [1.165, 1.54) is 56.9 Å². The summed E-state index contributed by atoms with van der Waals surface area (Å²) in [7, 11) is 0. The summed E-state index contributed by atoms with van der Waals surface area (Å²) in [5.74, 6) is 5.23. The van der Waals surface area contributed by atoms with Crippen molar-refractivity contribution >= 4 is 74.7 Å². The molecule has 58 heavy (non-hydrogen) atoms. The van der Waals surface area contributed by atoms with E-state index in [0.29, 0.717) is 23.4 Å². The summed E-state index contributed by atoms with van der Waals surface area (Å²) < 4.78 is 10.4. The number of benzene rings is 3. The molecule has 1 nitrogen and oxygen atoms in total. The number of ether oxygens (including phenoxy) is 1. The van der Waals surface area contributed by atoms with Crippen LogP contribution < -0.4 is 10.4 Å². The molecule has 6 bridgehead atoms. The number of thiophene rings is 1. The molecular weight excluding hydrogens is 836 g/mol. The van der Waals surface area contributed by atoms with Crippen molar-refractivity contribution in [1.29, 1.82) is 0 Å². The standard InChI is InChI=1S/C55H45IOS/c1-24(57-12-9-25-10-13-58-23-25)6-5-11-54(30-7-3-2-4-8-30)52-55(54)21-27-14-26-15-31-36-28-18-53(19-28)20-29(22-56-52)37-32-16-35-45-41(32)44-34(50(37)53)17-33-40(36)42(31)47-38(26)46(39(27)51(35)55)49(45)48(47)43(33)44/h2-4,7-8,10,13,15,21-24,26,28-29,32,36-37,40,52H,5-6,9,11-12,14,16-20H2,1H3. The third kappa shape index (κ3) is 2.87. The van der Waals surface area contributed by atoms with Crippen molar-refractivity contribution in [2.24, 2.45) is 40.9 Å². The van der Waals surface area contributed by atoms with Crippen LogP contribution >= 0.6 is 32.1 Å². The number of rotatable bonds is 9. The second kappa shape index (κ2) is 9.36. The molecule has 19 rings (SSSR count). The largest absolute Gasteiger partial charge is 0.378 e. The third-order valence-electron chi connectivity index (χ3n) is 20.0. The van der Waals surface area contributed by atoms with Crippen LogP contribution in [-0.4, -0.2) is 20.6 Å². The summed E-state index contributed by atoms with van der Waals surface area (Å²) in [4.78, 5) is 0. The second-order valence-corrected chi connectivity index (χ2v) is 25.2. The molecule has 0 amide bonds. The zero-order chi connectivity index (χ0) is 36.9. The molecule has 2 heterocycles. The molecule has 10 unspecified atom stereocenters. The van der Waals surface area contributed by atoms with Gasteiger partial charge in [0.2, 0.25) is 0 Å². The van der Waals surface area contributed by atoms with Crippen LogP contribution in [0, 0.1) is 40.9 Å². The van der Waals surface area contributed by atoms with E-state index in [2.05, 4.69) is 75.8 Å². The normalized spacial score (nSPS) is 40.7. The molecule has 284 valence electrons. The van der Waals surface area contributed by atoms with Gasteiger partial charge in [-0.15, -0.1) is 20.7 Å². The molecule has 4 saturated carbocycles. The number of hydrogen-bond donors (Lipinski definition) is 0. The fourth-order valence-electron chi connectivity index (χ4n) is 18.7. The summed E-state index contributed by atoms with van der Waals surface area (Å²) >= 11 is 1.64. The average Bonchev–Trinajstić information content (AvgIpc) is 3.97. The summed E-state index contributed by atoms with van der Waals surface area (Å²) in [5.41, 5.74) is 30.0.